The molecule has 1 heterocycles. The maximum Gasteiger partial charge on any atom is 0.270 e. The van der Waals surface area contributed by atoms with Gasteiger partial charge in [-0.2, -0.15) is 0 Å². The van der Waals surface area contributed by atoms with Gasteiger partial charge in [-0.3, -0.25) is 14.2 Å². The van der Waals surface area contributed by atoms with Crippen molar-refractivity contribution in [1.29, 1.82) is 0 Å². The van der Waals surface area contributed by atoms with Crippen molar-refractivity contribution in [2.45, 2.75) is 19.0 Å². The molecular weight excluding hydrogens is 372 g/mol. The zero-order chi connectivity index (χ0) is 20.1. The Balaban J connectivity index is 1.71. The van der Waals surface area contributed by atoms with Gasteiger partial charge in [-0.1, -0.05) is 42.1 Å². The molecule has 1 aromatic heterocycles. The summed E-state index contributed by atoms with van der Waals surface area (Å²) in [6, 6.07) is 15.3. The minimum absolute atomic E-state index is 0.124. The maximum absolute atomic E-state index is 12.7. The third kappa shape index (κ3) is 4.26. The van der Waals surface area contributed by atoms with E-state index in [1.165, 1.54) is 18.0 Å². The highest BCUT2D eigenvalue weighted by Crippen LogP contribution is 2.21. The van der Waals surface area contributed by atoms with E-state index in [1.807, 2.05) is 68.6 Å². The third-order valence-electron chi connectivity index (χ3n) is 4.45. The molecule has 0 saturated heterocycles. The number of aromatic nitrogens is 2. The zero-order valence-corrected chi connectivity index (χ0v) is 16.8. The monoisotopic (exact) mass is 394 g/mol. The summed E-state index contributed by atoms with van der Waals surface area (Å²) >= 11 is 1.45. The number of carbonyl (C=O) groups is 2. The molecule has 0 spiro atoms. The number of nitrogens with one attached hydrogen (secondary N) is 2. The summed E-state index contributed by atoms with van der Waals surface area (Å²) < 4.78 is 1.78. The zero-order valence-electron chi connectivity index (χ0n) is 16.0. The number of carbonyl (C=O) groups excluding carboxylic acids is 2. The first-order chi connectivity index (χ1) is 13.5. The number of nitrogens with zero attached hydrogens (tertiary/aromatic N) is 2. The van der Waals surface area contributed by atoms with Crippen LogP contribution in [0.2, 0.25) is 0 Å². The van der Waals surface area contributed by atoms with Crippen molar-refractivity contribution < 1.29 is 9.59 Å². The molecule has 6 nitrogen and oxygen atoms in total. The van der Waals surface area contributed by atoms with Gasteiger partial charge < -0.3 is 10.6 Å². The Kier molecular flexibility index (Phi) is 6.16. The van der Waals surface area contributed by atoms with Crippen molar-refractivity contribution in [3.05, 3.63) is 71.5 Å². The van der Waals surface area contributed by atoms with Crippen LogP contribution in [0.15, 0.2) is 59.9 Å². The standard InChI is InChI=1S/C21H22N4O2S/c1-14-8-7-11-17(15(14)2)24-19(26)13-22-20(27)18-12-23-21(28-3)25(18)16-9-5-4-6-10-16/h4-12H,13H2,1-3H3,(H,22,27)(H,24,26). The summed E-state index contributed by atoms with van der Waals surface area (Å²) in [6.07, 6.45) is 3.43. The van der Waals surface area contributed by atoms with Crippen LogP contribution < -0.4 is 10.6 Å². The van der Waals surface area contributed by atoms with Gasteiger partial charge in [0.25, 0.3) is 5.91 Å². The average molecular weight is 395 g/mol. The van der Waals surface area contributed by atoms with E-state index in [0.717, 1.165) is 22.5 Å². The minimum Gasteiger partial charge on any atom is -0.342 e. The molecule has 0 aliphatic heterocycles. The van der Waals surface area contributed by atoms with E-state index in [2.05, 4.69) is 15.6 Å². The average Bonchev–Trinajstić information content (AvgIpc) is 3.14. The Labute approximate surface area is 168 Å². The van der Waals surface area contributed by atoms with Crippen LogP contribution in [0.3, 0.4) is 0 Å². The SMILES string of the molecule is CSc1ncc(C(=O)NCC(=O)Nc2cccc(C)c2C)n1-c1ccccc1. The van der Waals surface area contributed by atoms with Gasteiger partial charge in [0, 0.05) is 11.4 Å². The van der Waals surface area contributed by atoms with Gasteiger partial charge in [0.05, 0.1) is 12.7 Å². The van der Waals surface area contributed by atoms with Crippen molar-refractivity contribution in [2.75, 3.05) is 18.1 Å². The van der Waals surface area contributed by atoms with Crippen LogP contribution in [0.25, 0.3) is 5.69 Å². The van der Waals surface area contributed by atoms with Crippen molar-refractivity contribution in [2.24, 2.45) is 0 Å². The molecule has 28 heavy (non-hydrogen) atoms. The third-order valence-corrected chi connectivity index (χ3v) is 5.10. The van der Waals surface area contributed by atoms with E-state index in [1.54, 1.807) is 4.57 Å². The number of hydrogen-bond donors (Lipinski definition) is 2. The summed E-state index contributed by atoms with van der Waals surface area (Å²) in [4.78, 5) is 29.3. The Bertz CT molecular complexity index is 999. The molecule has 0 unspecified atom stereocenters. The maximum atomic E-state index is 12.7. The van der Waals surface area contributed by atoms with Gasteiger partial charge in [0.2, 0.25) is 5.91 Å². The van der Waals surface area contributed by atoms with Gasteiger partial charge in [0.15, 0.2) is 5.16 Å². The van der Waals surface area contributed by atoms with Gasteiger partial charge >= 0.3 is 0 Å². The van der Waals surface area contributed by atoms with Crippen LogP contribution in [0.5, 0.6) is 0 Å². The smallest absolute Gasteiger partial charge is 0.270 e. The predicted molar refractivity (Wildman–Crippen MR) is 112 cm³/mol. The Morgan fingerprint density at radius 2 is 1.82 bits per heavy atom. The van der Waals surface area contributed by atoms with E-state index >= 15 is 0 Å². The highest BCUT2D eigenvalue weighted by Gasteiger charge is 2.18. The van der Waals surface area contributed by atoms with Crippen LogP contribution in [-0.2, 0) is 4.79 Å². The molecule has 0 atom stereocenters. The molecule has 0 aliphatic carbocycles. The molecule has 7 heteroatoms. The minimum atomic E-state index is -0.354. The second kappa shape index (κ2) is 8.75. The van der Waals surface area contributed by atoms with Gasteiger partial charge in [-0.15, -0.1) is 0 Å². The summed E-state index contributed by atoms with van der Waals surface area (Å²) in [5.74, 6) is -0.634. The first-order valence-electron chi connectivity index (χ1n) is 8.82. The van der Waals surface area contributed by atoms with Gasteiger partial charge in [0.1, 0.15) is 5.69 Å². The van der Waals surface area contributed by atoms with E-state index < -0.39 is 0 Å². The molecule has 0 aliphatic rings. The van der Waals surface area contributed by atoms with E-state index in [9.17, 15) is 9.59 Å². The summed E-state index contributed by atoms with van der Waals surface area (Å²) in [5, 5.41) is 6.22. The fraction of sp³-hybridized carbons (Fsp3) is 0.190. The Morgan fingerprint density at radius 1 is 1.07 bits per heavy atom. The summed E-state index contributed by atoms with van der Waals surface area (Å²) in [5.41, 5.74) is 4.08. The van der Waals surface area contributed by atoms with Crippen molar-refractivity contribution in [1.82, 2.24) is 14.9 Å². The number of benzene rings is 2. The molecule has 3 rings (SSSR count). The number of aryl methyl sites for hydroxylation is 1. The Hall–Kier alpha value is -3.06. The van der Waals surface area contributed by atoms with E-state index in [4.69, 9.17) is 0 Å². The normalized spacial score (nSPS) is 10.5. The fourth-order valence-electron chi connectivity index (χ4n) is 2.80. The molecule has 2 N–H and O–H groups in total. The molecular formula is C21H22N4O2S. The molecule has 0 fully saturated rings. The number of para-hydroxylation sites is 1. The first-order valence-corrected chi connectivity index (χ1v) is 10.0. The van der Waals surface area contributed by atoms with Crippen LogP contribution >= 0.6 is 11.8 Å². The summed E-state index contributed by atoms with van der Waals surface area (Å²) in [7, 11) is 0. The molecule has 144 valence electrons. The second-order valence-corrected chi connectivity index (χ2v) is 7.05. The number of thioether (sulfide) groups is 1. The lowest BCUT2D eigenvalue weighted by atomic mass is 10.1. The highest BCUT2D eigenvalue weighted by molar-refractivity contribution is 7.98. The topological polar surface area (TPSA) is 76.0 Å². The van der Waals surface area contributed by atoms with Crippen molar-refractivity contribution >= 4 is 29.3 Å². The highest BCUT2D eigenvalue weighted by atomic mass is 32.2. The van der Waals surface area contributed by atoms with Gasteiger partial charge in [-0.05, 0) is 49.4 Å². The predicted octanol–water partition coefficient (Wildman–Crippen LogP) is 3.58. The van der Waals surface area contributed by atoms with Crippen LogP contribution in [-0.4, -0.2) is 34.2 Å². The molecule has 2 amide bonds. The lowest BCUT2D eigenvalue weighted by Gasteiger charge is -2.12. The van der Waals surface area contributed by atoms with E-state index in [-0.39, 0.29) is 18.4 Å². The number of hydrogen-bond acceptors (Lipinski definition) is 4. The molecule has 0 bridgehead atoms. The Morgan fingerprint density at radius 3 is 2.54 bits per heavy atom. The molecule has 0 radical (unpaired) electrons. The number of rotatable bonds is 6. The molecule has 3 aromatic rings. The number of anilines is 1. The molecule has 2 aromatic carbocycles. The number of imidazole rings is 1. The quantitative estimate of drug-likeness (QED) is 0.627. The number of amides is 2. The van der Waals surface area contributed by atoms with Crippen LogP contribution in [0.4, 0.5) is 5.69 Å². The molecule has 0 saturated carbocycles. The summed E-state index contributed by atoms with van der Waals surface area (Å²) in [6.45, 7) is 3.81. The lowest BCUT2D eigenvalue weighted by molar-refractivity contribution is -0.115. The van der Waals surface area contributed by atoms with Crippen molar-refractivity contribution in [3.8, 4) is 5.69 Å². The van der Waals surface area contributed by atoms with E-state index in [0.29, 0.717) is 10.9 Å². The largest absolute Gasteiger partial charge is 0.342 e. The van der Waals surface area contributed by atoms with Crippen LogP contribution in [0, 0.1) is 13.8 Å². The van der Waals surface area contributed by atoms with Gasteiger partial charge in [-0.25, -0.2) is 4.98 Å². The first kappa shape index (κ1) is 19.7. The van der Waals surface area contributed by atoms with Crippen LogP contribution in [0.1, 0.15) is 21.6 Å². The second-order valence-electron chi connectivity index (χ2n) is 6.28. The lowest BCUT2D eigenvalue weighted by Crippen LogP contribution is -2.34. The van der Waals surface area contributed by atoms with Crippen molar-refractivity contribution in [3.63, 3.8) is 0 Å². The fourth-order valence-corrected chi connectivity index (χ4v) is 3.34.